The minimum atomic E-state index is -0.739. The highest BCUT2D eigenvalue weighted by Crippen LogP contribution is 2.55. The number of hydrogen-bond donors (Lipinski definition) is 2. The number of aliphatic hydroxyl groups excluding tert-OH is 1. The molecule has 25 heavy (non-hydrogen) atoms. The van der Waals surface area contributed by atoms with Crippen LogP contribution in [0.5, 0.6) is 0 Å². The Labute approximate surface area is 145 Å². The predicted octanol–water partition coefficient (Wildman–Crippen LogP) is 0.451. The van der Waals surface area contributed by atoms with E-state index < -0.39 is 5.54 Å². The summed E-state index contributed by atoms with van der Waals surface area (Å²) < 4.78 is 2.30. The van der Waals surface area contributed by atoms with Crippen molar-refractivity contribution in [3.8, 4) is 5.82 Å². The number of rotatable bonds is 4. The SMILES string of the molecule is CC(C)(CO)NC(=O)c1nn(-c2cncc[n+]2[O-])c2c1CC[C@H]1C[C@@H]21. The molecule has 1 amide bonds. The van der Waals surface area contributed by atoms with E-state index in [1.807, 2.05) is 0 Å². The molecule has 2 heterocycles. The zero-order chi connectivity index (χ0) is 17.8. The van der Waals surface area contributed by atoms with Gasteiger partial charge in [-0.3, -0.25) is 9.78 Å². The Morgan fingerprint density at radius 2 is 2.36 bits per heavy atom. The molecule has 0 bridgehead atoms. The van der Waals surface area contributed by atoms with Gasteiger partial charge < -0.3 is 15.6 Å². The number of carbonyl (C=O) groups is 1. The molecule has 8 heteroatoms. The van der Waals surface area contributed by atoms with Crippen molar-refractivity contribution in [2.75, 3.05) is 6.61 Å². The van der Waals surface area contributed by atoms with Gasteiger partial charge in [0.2, 0.25) is 0 Å². The van der Waals surface area contributed by atoms with Gasteiger partial charge in [-0.15, -0.1) is 0 Å². The molecule has 8 nitrogen and oxygen atoms in total. The molecule has 0 unspecified atom stereocenters. The van der Waals surface area contributed by atoms with Crippen LogP contribution in [-0.2, 0) is 6.42 Å². The lowest BCUT2D eigenvalue weighted by atomic mass is 9.95. The number of amides is 1. The molecule has 132 valence electrons. The highest BCUT2D eigenvalue weighted by Gasteiger charge is 2.50. The maximum Gasteiger partial charge on any atom is 0.328 e. The van der Waals surface area contributed by atoms with Crippen LogP contribution in [0.2, 0.25) is 0 Å². The van der Waals surface area contributed by atoms with Crippen molar-refractivity contribution in [1.82, 2.24) is 20.1 Å². The van der Waals surface area contributed by atoms with Crippen molar-refractivity contribution in [3.05, 3.63) is 40.7 Å². The van der Waals surface area contributed by atoms with Gasteiger partial charge in [0, 0.05) is 11.5 Å². The zero-order valence-electron chi connectivity index (χ0n) is 14.3. The number of hydrogen-bond acceptors (Lipinski definition) is 5. The third kappa shape index (κ3) is 2.66. The van der Waals surface area contributed by atoms with E-state index >= 15 is 0 Å². The van der Waals surface area contributed by atoms with Crippen molar-refractivity contribution in [1.29, 1.82) is 0 Å². The lowest BCUT2D eigenvalue weighted by Crippen LogP contribution is -2.46. The third-order valence-electron chi connectivity index (χ3n) is 5.05. The van der Waals surface area contributed by atoms with Gasteiger partial charge in [-0.2, -0.15) is 0 Å². The summed E-state index contributed by atoms with van der Waals surface area (Å²) in [6.07, 6.45) is 7.09. The van der Waals surface area contributed by atoms with Gasteiger partial charge in [-0.05, 0) is 39.0 Å². The van der Waals surface area contributed by atoms with E-state index in [0.29, 0.717) is 28.1 Å². The van der Waals surface area contributed by atoms with E-state index in [1.165, 1.54) is 18.6 Å². The summed E-state index contributed by atoms with van der Waals surface area (Å²) in [6.45, 7) is 3.32. The summed E-state index contributed by atoms with van der Waals surface area (Å²) in [5.41, 5.74) is 1.47. The second kappa shape index (κ2) is 5.52. The van der Waals surface area contributed by atoms with Crippen molar-refractivity contribution in [2.45, 2.75) is 44.6 Å². The van der Waals surface area contributed by atoms with Crippen molar-refractivity contribution in [3.63, 3.8) is 0 Å². The van der Waals surface area contributed by atoms with Crippen molar-refractivity contribution >= 4 is 5.91 Å². The fourth-order valence-corrected chi connectivity index (χ4v) is 3.58. The predicted molar refractivity (Wildman–Crippen MR) is 88.1 cm³/mol. The van der Waals surface area contributed by atoms with Crippen LogP contribution in [0.25, 0.3) is 5.82 Å². The topological polar surface area (TPSA) is 107 Å². The molecule has 0 spiro atoms. The average molecular weight is 343 g/mol. The number of carbonyl (C=O) groups excluding carboxylic acids is 1. The van der Waals surface area contributed by atoms with Crippen molar-refractivity contribution < 1.29 is 14.6 Å². The number of fused-ring (bicyclic) bond motifs is 3. The molecule has 2 N–H and O–H groups in total. The second-order valence-electron chi connectivity index (χ2n) is 7.52. The Morgan fingerprint density at radius 3 is 3.08 bits per heavy atom. The number of aliphatic hydroxyl groups is 1. The summed E-state index contributed by atoms with van der Waals surface area (Å²) in [4.78, 5) is 16.8. The Bertz CT molecular complexity index is 845. The summed E-state index contributed by atoms with van der Waals surface area (Å²) in [6, 6.07) is 0. The minimum absolute atomic E-state index is 0.171. The lowest BCUT2D eigenvalue weighted by Gasteiger charge is -2.23. The molecule has 2 aromatic rings. The molecule has 0 aromatic carbocycles. The van der Waals surface area contributed by atoms with E-state index in [4.69, 9.17) is 0 Å². The first-order valence-corrected chi connectivity index (χ1v) is 8.50. The van der Waals surface area contributed by atoms with E-state index in [0.717, 1.165) is 30.5 Å². The standard InChI is InChI=1S/C17H21N5O3/c1-17(2,9-23)19-16(24)14-11-4-3-10-7-12(10)15(11)22(20-14)13-8-18-5-6-21(13)25/h5-6,8,10,12,23H,3-4,7,9H2,1-2H3,(H,19,24)/t10-,12+/m0/s1. The van der Waals surface area contributed by atoms with Crippen molar-refractivity contribution in [2.24, 2.45) is 5.92 Å². The quantitative estimate of drug-likeness (QED) is 0.619. The Balaban J connectivity index is 1.81. The Morgan fingerprint density at radius 1 is 1.56 bits per heavy atom. The Hall–Kier alpha value is -2.48. The molecular formula is C17H21N5O3. The lowest BCUT2D eigenvalue weighted by molar-refractivity contribution is -0.600. The first kappa shape index (κ1) is 16.0. The van der Waals surface area contributed by atoms with Gasteiger partial charge in [0.25, 0.3) is 5.91 Å². The van der Waals surface area contributed by atoms with Crippen LogP contribution >= 0.6 is 0 Å². The van der Waals surface area contributed by atoms with Crippen LogP contribution in [0.4, 0.5) is 0 Å². The summed E-state index contributed by atoms with van der Waals surface area (Å²) in [7, 11) is 0. The van der Waals surface area contributed by atoms with Crippen LogP contribution in [-0.4, -0.2) is 37.9 Å². The summed E-state index contributed by atoms with van der Waals surface area (Å²) in [5, 5.41) is 28.9. The molecular weight excluding hydrogens is 322 g/mol. The summed E-state index contributed by atoms with van der Waals surface area (Å²) >= 11 is 0. The highest BCUT2D eigenvalue weighted by atomic mass is 16.5. The third-order valence-corrected chi connectivity index (χ3v) is 5.05. The first-order chi connectivity index (χ1) is 11.9. The number of nitrogens with zero attached hydrogens (tertiary/aromatic N) is 4. The molecule has 0 radical (unpaired) electrons. The largest absolute Gasteiger partial charge is 0.710 e. The molecule has 2 aromatic heterocycles. The average Bonchev–Trinajstić information content (AvgIpc) is 3.27. The highest BCUT2D eigenvalue weighted by molar-refractivity contribution is 5.94. The zero-order valence-corrected chi connectivity index (χ0v) is 14.3. The van der Waals surface area contributed by atoms with Gasteiger partial charge in [-0.25, -0.2) is 4.73 Å². The molecule has 0 aliphatic heterocycles. The fraction of sp³-hybridized carbons (Fsp3) is 0.529. The van der Waals surface area contributed by atoms with Crippen LogP contribution < -0.4 is 10.0 Å². The molecule has 2 aliphatic carbocycles. The van der Waals surface area contributed by atoms with Gasteiger partial charge >= 0.3 is 5.82 Å². The molecule has 4 rings (SSSR count). The molecule has 2 aliphatic rings. The normalized spacial score (nSPS) is 21.4. The van der Waals surface area contributed by atoms with Gasteiger partial charge in [-0.1, -0.05) is 9.78 Å². The monoisotopic (exact) mass is 343 g/mol. The van der Waals surface area contributed by atoms with E-state index in [2.05, 4.69) is 15.4 Å². The Kier molecular flexibility index (Phi) is 3.54. The fourth-order valence-electron chi connectivity index (χ4n) is 3.58. The van der Waals surface area contributed by atoms with Crippen LogP contribution in [0.15, 0.2) is 18.6 Å². The van der Waals surface area contributed by atoms with Gasteiger partial charge in [0.05, 0.1) is 18.3 Å². The molecule has 2 atom stereocenters. The summed E-state index contributed by atoms with van der Waals surface area (Å²) in [5.74, 6) is 0.939. The van der Waals surface area contributed by atoms with Crippen LogP contribution in [0.1, 0.15) is 54.4 Å². The van der Waals surface area contributed by atoms with E-state index in [9.17, 15) is 15.1 Å². The molecule has 0 saturated heterocycles. The minimum Gasteiger partial charge on any atom is -0.710 e. The smallest absolute Gasteiger partial charge is 0.328 e. The maximum absolute atomic E-state index is 12.7. The first-order valence-electron chi connectivity index (χ1n) is 8.50. The molecule has 1 fully saturated rings. The number of nitrogens with one attached hydrogen (secondary N) is 1. The van der Waals surface area contributed by atoms with E-state index in [-0.39, 0.29) is 12.5 Å². The number of aromatic nitrogens is 4. The molecule has 1 saturated carbocycles. The van der Waals surface area contributed by atoms with Gasteiger partial charge in [0.1, 0.15) is 18.1 Å². The van der Waals surface area contributed by atoms with E-state index in [1.54, 1.807) is 18.5 Å². The van der Waals surface area contributed by atoms with Gasteiger partial charge in [0.15, 0.2) is 5.69 Å². The second-order valence-corrected chi connectivity index (χ2v) is 7.52. The van der Waals surface area contributed by atoms with Crippen LogP contribution in [0, 0.1) is 11.1 Å². The van der Waals surface area contributed by atoms with Crippen LogP contribution in [0.3, 0.4) is 0 Å². The maximum atomic E-state index is 12.7.